The van der Waals surface area contributed by atoms with E-state index in [2.05, 4.69) is 15.5 Å². The summed E-state index contributed by atoms with van der Waals surface area (Å²) in [7, 11) is 0. The van der Waals surface area contributed by atoms with Gasteiger partial charge in [0.15, 0.2) is 22.1 Å². The van der Waals surface area contributed by atoms with Gasteiger partial charge in [0.2, 0.25) is 5.91 Å². The van der Waals surface area contributed by atoms with Crippen LogP contribution in [0.2, 0.25) is 0 Å². The molecule has 2 heterocycles. The molecule has 1 aliphatic heterocycles. The zero-order chi connectivity index (χ0) is 18.8. The first-order valence-electron chi connectivity index (χ1n) is 8.52. The molecule has 2 aromatic carbocycles. The van der Waals surface area contributed by atoms with Gasteiger partial charge in [-0.2, -0.15) is 5.10 Å². The van der Waals surface area contributed by atoms with Gasteiger partial charge in [0, 0.05) is 17.3 Å². The van der Waals surface area contributed by atoms with Crippen LogP contribution in [0.4, 0.5) is 5.69 Å². The summed E-state index contributed by atoms with van der Waals surface area (Å²) >= 11 is 5.29. The molecule has 0 unspecified atom stereocenters. The average molecular weight is 382 g/mol. The highest BCUT2D eigenvalue weighted by Gasteiger charge is 2.15. The highest BCUT2D eigenvalue weighted by Crippen LogP contribution is 2.32. The maximum absolute atomic E-state index is 12.5. The molecule has 3 aromatic rings. The molecule has 7 nitrogen and oxygen atoms in total. The number of benzene rings is 2. The number of amides is 1. The van der Waals surface area contributed by atoms with E-state index < -0.39 is 0 Å². The van der Waals surface area contributed by atoms with Crippen molar-refractivity contribution in [2.75, 3.05) is 18.5 Å². The van der Waals surface area contributed by atoms with Gasteiger partial charge in [-0.05, 0) is 31.3 Å². The second-order valence-electron chi connectivity index (χ2n) is 6.21. The van der Waals surface area contributed by atoms with Gasteiger partial charge in [-0.1, -0.05) is 29.8 Å². The highest BCUT2D eigenvalue weighted by molar-refractivity contribution is 7.71. The largest absolute Gasteiger partial charge is 0.486 e. The van der Waals surface area contributed by atoms with E-state index in [9.17, 15) is 4.79 Å². The molecule has 1 aliphatic rings. The Balaban J connectivity index is 1.53. The van der Waals surface area contributed by atoms with Crippen LogP contribution in [0.5, 0.6) is 11.5 Å². The molecule has 0 aliphatic carbocycles. The number of carbonyl (C=O) groups is 1. The topological polar surface area (TPSA) is 81.2 Å². The minimum absolute atomic E-state index is 0.0486. The Morgan fingerprint density at radius 1 is 1.19 bits per heavy atom. The molecule has 0 bridgehead atoms. The number of hydrogen-bond donors (Lipinski definition) is 2. The first-order valence-corrected chi connectivity index (χ1v) is 8.93. The molecule has 0 spiro atoms. The van der Waals surface area contributed by atoms with E-state index in [0.717, 1.165) is 11.1 Å². The molecule has 0 saturated carbocycles. The Hall–Kier alpha value is -3.13. The number of rotatable bonds is 4. The number of aromatic amines is 1. The van der Waals surface area contributed by atoms with Crippen LogP contribution in [-0.2, 0) is 11.3 Å². The van der Waals surface area contributed by atoms with Crippen molar-refractivity contribution in [2.24, 2.45) is 0 Å². The Morgan fingerprint density at radius 3 is 2.70 bits per heavy atom. The number of fused-ring (bicyclic) bond motifs is 1. The second kappa shape index (κ2) is 7.24. The SMILES string of the molecule is Cc1ccc(-c2n[nH]c(=S)n2CC(=O)Nc2ccc3c(c2)OCCO3)cc1. The van der Waals surface area contributed by atoms with Crippen LogP contribution in [0.15, 0.2) is 42.5 Å². The van der Waals surface area contributed by atoms with Crippen molar-refractivity contribution in [2.45, 2.75) is 13.5 Å². The lowest BCUT2D eigenvalue weighted by Crippen LogP contribution is -2.20. The van der Waals surface area contributed by atoms with Gasteiger partial charge in [0.05, 0.1) is 0 Å². The lowest BCUT2D eigenvalue weighted by molar-refractivity contribution is -0.116. The van der Waals surface area contributed by atoms with E-state index in [1.165, 1.54) is 0 Å². The summed E-state index contributed by atoms with van der Waals surface area (Å²) in [5.74, 6) is 1.71. The normalized spacial score (nSPS) is 12.6. The van der Waals surface area contributed by atoms with Crippen LogP contribution >= 0.6 is 12.2 Å². The quantitative estimate of drug-likeness (QED) is 0.677. The molecule has 8 heteroatoms. The molecular weight excluding hydrogens is 364 g/mol. The first-order chi connectivity index (χ1) is 13.1. The Labute approximate surface area is 160 Å². The van der Waals surface area contributed by atoms with Crippen LogP contribution in [0, 0.1) is 11.7 Å². The lowest BCUT2D eigenvalue weighted by atomic mass is 10.1. The van der Waals surface area contributed by atoms with E-state index in [4.69, 9.17) is 21.7 Å². The highest BCUT2D eigenvalue weighted by atomic mass is 32.1. The molecule has 27 heavy (non-hydrogen) atoms. The fourth-order valence-corrected chi connectivity index (χ4v) is 3.05. The minimum atomic E-state index is -0.211. The Bertz CT molecular complexity index is 1040. The van der Waals surface area contributed by atoms with Crippen molar-refractivity contribution in [3.05, 3.63) is 52.8 Å². The Kier molecular flexibility index (Phi) is 4.64. The number of nitrogens with zero attached hydrogens (tertiary/aromatic N) is 2. The summed E-state index contributed by atoms with van der Waals surface area (Å²) in [6.45, 7) is 3.09. The fraction of sp³-hybridized carbons (Fsp3) is 0.211. The zero-order valence-corrected chi connectivity index (χ0v) is 15.5. The minimum Gasteiger partial charge on any atom is -0.486 e. The predicted molar refractivity (Wildman–Crippen MR) is 104 cm³/mol. The number of aryl methyl sites for hydroxylation is 1. The molecule has 1 aromatic heterocycles. The summed E-state index contributed by atoms with van der Waals surface area (Å²) in [5, 5.41) is 9.88. The van der Waals surface area contributed by atoms with Gasteiger partial charge >= 0.3 is 0 Å². The summed E-state index contributed by atoms with van der Waals surface area (Å²) in [4.78, 5) is 12.5. The standard InChI is InChI=1S/C19H18N4O3S/c1-12-2-4-13(5-3-12)18-21-22-19(27)23(18)11-17(24)20-14-6-7-15-16(10-14)26-9-8-25-15/h2-7,10H,8-9,11H2,1H3,(H,20,24)(H,22,27). The fourth-order valence-electron chi connectivity index (χ4n) is 2.85. The summed E-state index contributed by atoms with van der Waals surface area (Å²) in [6.07, 6.45) is 0. The van der Waals surface area contributed by atoms with Crippen LogP contribution in [-0.4, -0.2) is 33.9 Å². The number of carbonyl (C=O) groups excluding carboxylic acids is 1. The average Bonchev–Trinajstić information content (AvgIpc) is 3.03. The number of H-pyrrole nitrogens is 1. The van der Waals surface area contributed by atoms with Crippen LogP contribution in [0.1, 0.15) is 5.56 Å². The molecule has 0 saturated heterocycles. The van der Waals surface area contributed by atoms with Crippen molar-refractivity contribution >= 4 is 23.8 Å². The Morgan fingerprint density at radius 2 is 1.93 bits per heavy atom. The van der Waals surface area contributed by atoms with E-state index in [1.54, 1.807) is 22.8 Å². The molecule has 138 valence electrons. The molecule has 2 N–H and O–H groups in total. The lowest BCUT2D eigenvalue weighted by Gasteiger charge is -2.19. The molecular formula is C19H18N4O3S. The third-order valence-corrected chi connectivity index (χ3v) is 4.51. The van der Waals surface area contributed by atoms with Gasteiger partial charge in [-0.15, -0.1) is 0 Å². The smallest absolute Gasteiger partial charge is 0.244 e. The van der Waals surface area contributed by atoms with Crippen molar-refractivity contribution in [1.29, 1.82) is 0 Å². The van der Waals surface area contributed by atoms with Crippen molar-refractivity contribution in [1.82, 2.24) is 14.8 Å². The predicted octanol–water partition coefficient (Wildman–Crippen LogP) is 3.33. The molecule has 4 rings (SSSR count). The molecule has 0 fully saturated rings. The third kappa shape index (κ3) is 3.70. The van der Waals surface area contributed by atoms with E-state index in [-0.39, 0.29) is 12.5 Å². The second-order valence-corrected chi connectivity index (χ2v) is 6.60. The van der Waals surface area contributed by atoms with Crippen LogP contribution in [0.25, 0.3) is 11.4 Å². The van der Waals surface area contributed by atoms with Gasteiger partial charge in [-0.3, -0.25) is 14.5 Å². The number of nitrogens with one attached hydrogen (secondary N) is 2. The van der Waals surface area contributed by atoms with Crippen LogP contribution in [0.3, 0.4) is 0 Å². The molecule has 0 atom stereocenters. The number of aromatic nitrogens is 3. The first kappa shape index (κ1) is 17.3. The number of ether oxygens (including phenoxy) is 2. The summed E-state index contributed by atoms with van der Waals surface area (Å²) in [5.41, 5.74) is 2.67. The van der Waals surface area contributed by atoms with Crippen molar-refractivity contribution in [3.63, 3.8) is 0 Å². The van der Waals surface area contributed by atoms with E-state index in [1.807, 2.05) is 31.2 Å². The van der Waals surface area contributed by atoms with Gasteiger partial charge in [0.1, 0.15) is 19.8 Å². The van der Waals surface area contributed by atoms with Gasteiger partial charge < -0.3 is 14.8 Å². The van der Waals surface area contributed by atoms with Crippen molar-refractivity contribution in [3.8, 4) is 22.9 Å². The maximum atomic E-state index is 12.5. The summed E-state index contributed by atoms with van der Waals surface area (Å²) in [6, 6.07) is 13.2. The maximum Gasteiger partial charge on any atom is 0.244 e. The molecule has 1 amide bonds. The number of anilines is 1. The monoisotopic (exact) mass is 382 g/mol. The van der Waals surface area contributed by atoms with Crippen LogP contribution < -0.4 is 14.8 Å². The molecule has 0 radical (unpaired) electrons. The van der Waals surface area contributed by atoms with E-state index >= 15 is 0 Å². The van der Waals surface area contributed by atoms with E-state index in [0.29, 0.717) is 41.0 Å². The van der Waals surface area contributed by atoms with Gasteiger partial charge in [-0.25, -0.2) is 0 Å². The zero-order valence-electron chi connectivity index (χ0n) is 14.7. The van der Waals surface area contributed by atoms with Crippen molar-refractivity contribution < 1.29 is 14.3 Å². The number of hydrogen-bond acceptors (Lipinski definition) is 5. The van der Waals surface area contributed by atoms with Gasteiger partial charge in [0.25, 0.3) is 0 Å². The summed E-state index contributed by atoms with van der Waals surface area (Å²) < 4.78 is 13.1. The third-order valence-electron chi connectivity index (χ3n) is 4.20.